The van der Waals surface area contributed by atoms with Crippen LogP contribution in [0.4, 0.5) is 4.39 Å². The van der Waals surface area contributed by atoms with Crippen molar-refractivity contribution in [2.75, 3.05) is 0 Å². The van der Waals surface area contributed by atoms with Crippen molar-refractivity contribution in [1.82, 2.24) is 0 Å². The van der Waals surface area contributed by atoms with Gasteiger partial charge in [0.2, 0.25) is 5.69 Å². The highest BCUT2D eigenvalue weighted by atomic mass is 19.1. The van der Waals surface area contributed by atoms with E-state index in [1.807, 2.05) is 66.7 Å². The molecule has 0 bridgehead atoms. The first-order chi connectivity index (χ1) is 23.0. The monoisotopic (exact) mass is 564 g/mol. The lowest BCUT2D eigenvalue weighted by Crippen LogP contribution is -2.31. The molecule has 0 unspecified atom stereocenters. The van der Waals surface area contributed by atoms with E-state index >= 15 is 4.39 Å². The molecule has 7 rings (SSSR count). The van der Waals surface area contributed by atoms with Crippen molar-refractivity contribution in [2.24, 2.45) is 7.05 Å². The van der Waals surface area contributed by atoms with Gasteiger partial charge in [0.05, 0.1) is 18.6 Å². The predicted molar refractivity (Wildman–Crippen MR) is 171 cm³/mol. The molecule has 0 aliphatic rings. The van der Waals surface area contributed by atoms with Gasteiger partial charge in [-0.15, -0.1) is 0 Å². The van der Waals surface area contributed by atoms with Gasteiger partial charge in [-0.1, -0.05) is 84.9 Å². The molecule has 4 heteroatoms. The van der Waals surface area contributed by atoms with Crippen molar-refractivity contribution in [2.45, 2.75) is 13.8 Å². The summed E-state index contributed by atoms with van der Waals surface area (Å²) in [6, 6.07) is 35.3. The predicted octanol–water partition coefficient (Wildman–Crippen LogP) is 9.71. The number of rotatable bonds is 4. The molecule has 0 N–H and O–H groups in total. The third kappa shape index (κ3) is 4.47. The highest BCUT2D eigenvalue weighted by Gasteiger charge is 2.24. The number of fused-ring (bicyclic) bond motifs is 3. The SMILES string of the molecule is [2H]c1c(F)c(C([2H])([2H])[2H])c([2H])[n+](C)c1-c1c(C)ccc2c1oc1c(-c3ccc(-c4cccc(-c5ccccc5)c4)cc3)c(C#N)ccc12. The molecule has 0 amide bonds. The molecule has 0 fully saturated rings. The zero-order valence-electron chi connectivity index (χ0n) is 28.5. The number of furan rings is 1. The molecule has 0 saturated heterocycles. The van der Waals surface area contributed by atoms with Gasteiger partial charge in [0, 0.05) is 32.1 Å². The summed E-state index contributed by atoms with van der Waals surface area (Å²) < 4.78 is 63.8. The molecule has 7 aromatic rings. The Morgan fingerprint density at radius 1 is 0.744 bits per heavy atom. The summed E-state index contributed by atoms with van der Waals surface area (Å²) in [5.41, 5.74) is 7.12. The Labute approximate surface area is 256 Å². The fourth-order valence-electron chi connectivity index (χ4n) is 5.77. The molecule has 0 saturated carbocycles. The Kier molecular flexibility index (Phi) is 5.12. The van der Waals surface area contributed by atoms with Crippen molar-refractivity contribution in [3.63, 3.8) is 0 Å². The normalized spacial score (nSPS) is 13.2. The molecule has 43 heavy (non-hydrogen) atoms. The van der Waals surface area contributed by atoms with Crippen molar-refractivity contribution in [3.8, 4) is 50.7 Å². The van der Waals surface area contributed by atoms with Crippen LogP contribution in [-0.2, 0) is 7.05 Å². The van der Waals surface area contributed by atoms with E-state index in [0.29, 0.717) is 38.8 Å². The van der Waals surface area contributed by atoms with Gasteiger partial charge in [-0.2, -0.15) is 5.26 Å². The minimum Gasteiger partial charge on any atom is -0.454 e. The van der Waals surface area contributed by atoms with Crippen LogP contribution in [0.2, 0.25) is 0 Å². The van der Waals surface area contributed by atoms with E-state index in [9.17, 15) is 5.26 Å². The number of aryl methyl sites for hydroxylation is 1. The van der Waals surface area contributed by atoms with Gasteiger partial charge >= 0.3 is 0 Å². The highest BCUT2D eigenvalue weighted by molar-refractivity contribution is 6.14. The molecule has 0 spiro atoms. The molecule has 3 nitrogen and oxygen atoms in total. The van der Waals surface area contributed by atoms with E-state index in [4.69, 9.17) is 11.3 Å². The van der Waals surface area contributed by atoms with E-state index < -0.39 is 30.4 Å². The minimum absolute atomic E-state index is 0.0248. The van der Waals surface area contributed by atoms with E-state index in [1.54, 1.807) is 13.0 Å². The van der Waals surface area contributed by atoms with E-state index in [-0.39, 0.29) is 5.69 Å². The number of benzene rings is 5. The molecular formula is C39H28FN2O+. The topological polar surface area (TPSA) is 40.8 Å². The van der Waals surface area contributed by atoms with Crippen LogP contribution in [0.1, 0.15) is 23.5 Å². The number of pyridine rings is 1. The van der Waals surface area contributed by atoms with Gasteiger partial charge in [0.25, 0.3) is 0 Å². The van der Waals surface area contributed by atoms with Crippen LogP contribution in [0, 0.1) is 30.9 Å². The van der Waals surface area contributed by atoms with Crippen molar-refractivity contribution in [1.29, 1.82) is 5.26 Å². The van der Waals surface area contributed by atoms with Crippen molar-refractivity contribution >= 4 is 21.9 Å². The van der Waals surface area contributed by atoms with Crippen LogP contribution in [0.15, 0.2) is 120 Å². The summed E-state index contributed by atoms with van der Waals surface area (Å²) in [5.74, 6) is -1.26. The van der Waals surface area contributed by atoms with Crippen LogP contribution in [0.25, 0.3) is 66.6 Å². The Morgan fingerprint density at radius 2 is 1.37 bits per heavy atom. The minimum atomic E-state index is -2.91. The first-order valence-corrected chi connectivity index (χ1v) is 13.8. The van der Waals surface area contributed by atoms with Gasteiger partial charge < -0.3 is 4.42 Å². The number of nitrogens with zero attached hydrogens (tertiary/aromatic N) is 2. The lowest BCUT2D eigenvalue weighted by Gasteiger charge is -2.09. The second-order valence-electron chi connectivity index (χ2n) is 10.6. The summed E-state index contributed by atoms with van der Waals surface area (Å²) in [6.45, 7) is -1.12. The third-order valence-corrected chi connectivity index (χ3v) is 7.91. The maximum absolute atomic E-state index is 15.5. The van der Waals surface area contributed by atoms with E-state index in [0.717, 1.165) is 33.2 Å². The zero-order valence-corrected chi connectivity index (χ0v) is 23.5. The number of halogens is 1. The molecule has 0 radical (unpaired) electrons. The molecule has 2 heterocycles. The summed E-state index contributed by atoms with van der Waals surface area (Å²) >= 11 is 0. The summed E-state index contributed by atoms with van der Waals surface area (Å²) in [5, 5.41) is 11.6. The first-order valence-electron chi connectivity index (χ1n) is 16.3. The summed E-state index contributed by atoms with van der Waals surface area (Å²) in [7, 11) is 1.45. The van der Waals surface area contributed by atoms with Crippen LogP contribution in [-0.4, -0.2) is 0 Å². The number of hydrogen-bond donors (Lipinski definition) is 0. The quantitative estimate of drug-likeness (QED) is 0.200. The van der Waals surface area contributed by atoms with Gasteiger partial charge in [0.15, 0.2) is 6.17 Å². The smallest absolute Gasteiger partial charge is 0.219 e. The fraction of sp³-hybridized carbons (Fsp3) is 0.0769. The fourth-order valence-corrected chi connectivity index (χ4v) is 5.77. The molecule has 2 aromatic heterocycles. The maximum Gasteiger partial charge on any atom is 0.219 e. The van der Waals surface area contributed by atoms with Crippen LogP contribution < -0.4 is 4.57 Å². The first kappa shape index (κ1) is 21.2. The molecule has 0 aliphatic carbocycles. The van der Waals surface area contributed by atoms with Gasteiger partial charge in [-0.05, 0) is 65.4 Å². The van der Waals surface area contributed by atoms with Crippen LogP contribution >= 0.6 is 0 Å². The largest absolute Gasteiger partial charge is 0.454 e. The number of hydrogen-bond acceptors (Lipinski definition) is 2. The number of aromatic nitrogens is 1. The lowest BCUT2D eigenvalue weighted by atomic mass is 9.94. The molecule has 5 aromatic carbocycles. The Bertz CT molecular complexity index is 2410. The summed E-state index contributed by atoms with van der Waals surface area (Å²) in [6.07, 6.45) is -0.548. The van der Waals surface area contributed by atoms with Crippen molar-refractivity contribution in [3.05, 3.63) is 138 Å². The van der Waals surface area contributed by atoms with Gasteiger partial charge in [-0.25, -0.2) is 8.96 Å². The third-order valence-electron chi connectivity index (χ3n) is 7.91. The summed E-state index contributed by atoms with van der Waals surface area (Å²) in [4.78, 5) is 0. The number of nitriles is 1. The van der Waals surface area contributed by atoms with Crippen LogP contribution in [0.5, 0.6) is 0 Å². The maximum atomic E-state index is 15.5. The Morgan fingerprint density at radius 3 is 2.07 bits per heavy atom. The zero-order chi connectivity index (χ0) is 33.9. The van der Waals surface area contributed by atoms with Crippen LogP contribution in [0.3, 0.4) is 0 Å². The lowest BCUT2D eigenvalue weighted by molar-refractivity contribution is -0.661. The average Bonchev–Trinajstić information content (AvgIpc) is 3.46. The molecule has 0 atom stereocenters. The second kappa shape index (κ2) is 10.4. The van der Waals surface area contributed by atoms with E-state index in [2.05, 4.69) is 36.4 Å². The molecular weight excluding hydrogens is 531 g/mol. The Hall–Kier alpha value is -5.53. The van der Waals surface area contributed by atoms with Crippen molar-refractivity contribution < 1.29 is 20.2 Å². The standard InChI is InChI=1S/C39H28FN2O/c1-24-12-18-32-33-19-17-31(22-41)37(39(33)43-38(32)36(24)35-21-34(40)25(2)23-42(35)3)28-15-13-27(14-16-28)30-11-7-10-29(20-30)26-8-5-4-6-9-26/h4-21,23H,1-3H3/q+1/i2D3,21D,23D. The highest BCUT2D eigenvalue weighted by Crippen LogP contribution is 2.42. The molecule has 206 valence electrons. The Balaban J connectivity index is 1.41. The second-order valence-corrected chi connectivity index (χ2v) is 10.6. The van der Waals surface area contributed by atoms with Gasteiger partial charge in [-0.3, -0.25) is 0 Å². The average molecular weight is 565 g/mol. The van der Waals surface area contributed by atoms with Gasteiger partial charge in [0.1, 0.15) is 25.4 Å². The van der Waals surface area contributed by atoms with E-state index in [1.165, 1.54) is 11.6 Å². The molecule has 0 aliphatic heterocycles.